The highest BCUT2D eigenvalue weighted by Gasteiger charge is 2.24. The van der Waals surface area contributed by atoms with Crippen LogP contribution in [-0.4, -0.2) is 54.4 Å². The lowest BCUT2D eigenvalue weighted by Gasteiger charge is -2.26. The average Bonchev–Trinajstić information content (AvgIpc) is 3.01. The number of likely N-dealkylation sites (N-methyl/N-ethyl adjacent to an activating group) is 1. The van der Waals surface area contributed by atoms with Crippen molar-refractivity contribution in [1.29, 1.82) is 0 Å². The number of hydrogen-bond donors (Lipinski definition) is 2. The van der Waals surface area contributed by atoms with Crippen LogP contribution in [0, 0.1) is 6.92 Å². The molecule has 0 unspecified atom stereocenters. The Kier molecular flexibility index (Phi) is 5.04. The highest BCUT2D eigenvalue weighted by Crippen LogP contribution is 2.34. The molecule has 4 rings (SSSR count). The van der Waals surface area contributed by atoms with E-state index in [-0.39, 0.29) is 24.0 Å². The third-order valence-electron chi connectivity index (χ3n) is 4.83. The van der Waals surface area contributed by atoms with Crippen LogP contribution in [0.2, 0.25) is 0 Å². The first-order valence-corrected chi connectivity index (χ1v) is 10.1. The van der Waals surface area contributed by atoms with E-state index in [1.807, 2.05) is 19.0 Å². The number of nitrogens with one attached hydrogen (secondary N) is 2. The molecule has 1 aromatic carbocycles. The first kappa shape index (κ1) is 20.0. The second kappa shape index (κ2) is 7.54. The Morgan fingerprint density at radius 3 is 2.87 bits per heavy atom. The number of rotatable bonds is 4. The number of carbonyl (C=O) groups excluding carboxylic acids is 2. The van der Waals surface area contributed by atoms with Gasteiger partial charge in [-0.05, 0) is 38.7 Å². The number of aromatic amines is 1. The summed E-state index contributed by atoms with van der Waals surface area (Å²) in [6, 6.07) is 5.11. The normalized spacial score (nSPS) is 13.5. The SMILES string of the molecule is Cc1c(C(=O)Nc2ccc3c(c2)OCC(=O)N3C)sc2nc(CN(C)C)[nH]c(=O)c12. The summed E-state index contributed by atoms with van der Waals surface area (Å²) in [7, 11) is 5.45. The number of amides is 2. The largest absolute Gasteiger partial charge is 0.481 e. The van der Waals surface area contributed by atoms with Gasteiger partial charge >= 0.3 is 0 Å². The number of benzene rings is 1. The van der Waals surface area contributed by atoms with Crippen LogP contribution in [0.1, 0.15) is 21.1 Å². The van der Waals surface area contributed by atoms with Gasteiger partial charge in [0, 0.05) is 18.8 Å². The van der Waals surface area contributed by atoms with Crippen molar-refractivity contribution in [2.75, 3.05) is 38.0 Å². The minimum Gasteiger partial charge on any atom is -0.481 e. The Hall–Kier alpha value is -3.24. The standard InChI is InChI=1S/C20H21N5O4S/c1-10-16-18(27)22-14(8-24(2)3)23-20(16)30-17(10)19(28)21-11-5-6-12-13(7-11)29-9-15(26)25(12)4/h5-7H,8-9H2,1-4H3,(H,21,28)(H,22,23,27). The summed E-state index contributed by atoms with van der Waals surface area (Å²) in [5, 5.41) is 3.27. The summed E-state index contributed by atoms with van der Waals surface area (Å²) in [5.41, 5.74) is 1.52. The summed E-state index contributed by atoms with van der Waals surface area (Å²) >= 11 is 1.19. The maximum Gasteiger partial charge on any atom is 0.266 e. The van der Waals surface area contributed by atoms with Gasteiger partial charge in [0.15, 0.2) is 6.61 Å². The van der Waals surface area contributed by atoms with E-state index in [2.05, 4.69) is 15.3 Å². The van der Waals surface area contributed by atoms with Gasteiger partial charge in [0.25, 0.3) is 17.4 Å². The van der Waals surface area contributed by atoms with E-state index in [1.165, 1.54) is 16.2 Å². The molecule has 0 aliphatic carbocycles. The molecule has 10 heteroatoms. The molecule has 30 heavy (non-hydrogen) atoms. The molecule has 9 nitrogen and oxygen atoms in total. The molecule has 3 heterocycles. The molecule has 0 saturated heterocycles. The first-order valence-electron chi connectivity index (χ1n) is 9.26. The van der Waals surface area contributed by atoms with E-state index in [1.54, 1.807) is 32.2 Å². The Morgan fingerprint density at radius 1 is 1.37 bits per heavy atom. The maximum absolute atomic E-state index is 12.9. The van der Waals surface area contributed by atoms with Gasteiger partial charge < -0.3 is 24.8 Å². The molecule has 2 amide bonds. The van der Waals surface area contributed by atoms with Crippen LogP contribution in [0.25, 0.3) is 10.2 Å². The van der Waals surface area contributed by atoms with E-state index in [4.69, 9.17) is 4.74 Å². The van der Waals surface area contributed by atoms with Crippen molar-refractivity contribution in [3.05, 3.63) is 44.8 Å². The molecule has 0 radical (unpaired) electrons. The van der Waals surface area contributed by atoms with E-state index >= 15 is 0 Å². The second-order valence-corrected chi connectivity index (χ2v) is 8.36. The molecule has 0 bridgehead atoms. The minimum atomic E-state index is -0.329. The van der Waals surface area contributed by atoms with Gasteiger partial charge in [0.2, 0.25) is 0 Å². The van der Waals surface area contributed by atoms with Crippen LogP contribution >= 0.6 is 11.3 Å². The zero-order valence-electron chi connectivity index (χ0n) is 17.0. The van der Waals surface area contributed by atoms with Crippen LogP contribution in [0.4, 0.5) is 11.4 Å². The number of anilines is 2. The number of hydrogen-bond acceptors (Lipinski definition) is 7. The van der Waals surface area contributed by atoms with Gasteiger partial charge in [0.1, 0.15) is 16.4 Å². The van der Waals surface area contributed by atoms with Gasteiger partial charge in [-0.3, -0.25) is 14.4 Å². The number of ether oxygens (including phenoxy) is 1. The number of H-pyrrole nitrogens is 1. The lowest BCUT2D eigenvalue weighted by Crippen LogP contribution is -2.35. The minimum absolute atomic E-state index is 0.0416. The number of aryl methyl sites for hydroxylation is 1. The van der Waals surface area contributed by atoms with Crippen LogP contribution in [0.5, 0.6) is 5.75 Å². The molecule has 3 aromatic rings. The smallest absolute Gasteiger partial charge is 0.266 e. The fourth-order valence-electron chi connectivity index (χ4n) is 3.32. The Morgan fingerprint density at radius 2 is 2.13 bits per heavy atom. The molecule has 2 aromatic heterocycles. The van der Waals surface area contributed by atoms with Gasteiger partial charge in [0.05, 0.1) is 22.5 Å². The second-order valence-electron chi connectivity index (χ2n) is 7.36. The molecule has 0 fully saturated rings. The van der Waals surface area contributed by atoms with Crippen molar-refractivity contribution >= 4 is 44.7 Å². The Bertz CT molecular complexity index is 1230. The van der Waals surface area contributed by atoms with Crippen molar-refractivity contribution in [3.63, 3.8) is 0 Å². The quantitative estimate of drug-likeness (QED) is 0.659. The molecule has 0 saturated carbocycles. The number of fused-ring (bicyclic) bond motifs is 2. The third kappa shape index (κ3) is 3.55. The summed E-state index contributed by atoms with van der Waals surface area (Å²) in [4.78, 5) is 48.8. The summed E-state index contributed by atoms with van der Waals surface area (Å²) in [6.45, 7) is 2.20. The average molecular weight is 427 g/mol. The lowest BCUT2D eigenvalue weighted by molar-refractivity contribution is -0.120. The number of aromatic nitrogens is 2. The fourth-order valence-corrected chi connectivity index (χ4v) is 4.42. The molecular formula is C20H21N5O4S. The molecule has 1 aliphatic rings. The first-order chi connectivity index (χ1) is 14.2. The van der Waals surface area contributed by atoms with Crippen LogP contribution in [0.15, 0.2) is 23.0 Å². The monoisotopic (exact) mass is 427 g/mol. The van der Waals surface area contributed by atoms with E-state index in [9.17, 15) is 14.4 Å². The van der Waals surface area contributed by atoms with Crippen molar-refractivity contribution in [2.45, 2.75) is 13.5 Å². The number of nitrogens with zero attached hydrogens (tertiary/aromatic N) is 3. The van der Waals surface area contributed by atoms with Crippen molar-refractivity contribution < 1.29 is 14.3 Å². The molecule has 0 spiro atoms. The zero-order valence-corrected chi connectivity index (χ0v) is 17.8. The predicted molar refractivity (Wildman–Crippen MR) is 116 cm³/mol. The topological polar surface area (TPSA) is 108 Å². The molecular weight excluding hydrogens is 406 g/mol. The number of carbonyl (C=O) groups is 2. The Labute approximate surface area is 176 Å². The van der Waals surface area contributed by atoms with Crippen molar-refractivity contribution in [3.8, 4) is 5.75 Å². The fraction of sp³-hybridized carbons (Fsp3) is 0.300. The van der Waals surface area contributed by atoms with Gasteiger partial charge in [-0.15, -0.1) is 11.3 Å². The molecule has 0 atom stereocenters. The molecule has 156 valence electrons. The van der Waals surface area contributed by atoms with Crippen molar-refractivity contribution in [1.82, 2.24) is 14.9 Å². The highest BCUT2D eigenvalue weighted by molar-refractivity contribution is 7.20. The third-order valence-corrected chi connectivity index (χ3v) is 6.01. The molecule has 2 N–H and O–H groups in total. The van der Waals surface area contributed by atoms with Gasteiger partial charge in [-0.2, -0.15) is 0 Å². The highest BCUT2D eigenvalue weighted by atomic mass is 32.1. The summed E-state index contributed by atoms with van der Waals surface area (Å²) in [6.07, 6.45) is 0. The van der Waals surface area contributed by atoms with Crippen LogP contribution in [0.3, 0.4) is 0 Å². The maximum atomic E-state index is 12.9. The lowest BCUT2D eigenvalue weighted by atomic mass is 10.2. The summed E-state index contributed by atoms with van der Waals surface area (Å²) in [5.74, 6) is 0.612. The van der Waals surface area contributed by atoms with E-state index in [0.29, 0.717) is 50.2 Å². The van der Waals surface area contributed by atoms with Crippen LogP contribution in [-0.2, 0) is 11.3 Å². The van der Waals surface area contributed by atoms with Crippen LogP contribution < -0.4 is 20.5 Å². The predicted octanol–water partition coefficient (Wildman–Crippen LogP) is 1.96. The van der Waals surface area contributed by atoms with Gasteiger partial charge in [-0.25, -0.2) is 4.98 Å². The van der Waals surface area contributed by atoms with E-state index in [0.717, 1.165) is 0 Å². The Balaban J connectivity index is 1.64. The molecule has 1 aliphatic heterocycles. The summed E-state index contributed by atoms with van der Waals surface area (Å²) < 4.78 is 5.47. The van der Waals surface area contributed by atoms with E-state index < -0.39 is 0 Å². The van der Waals surface area contributed by atoms with Gasteiger partial charge in [-0.1, -0.05) is 0 Å². The zero-order chi connectivity index (χ0) is 21.6. The van der Waals surface area contributed by atoms with Crippen molar-refractivity contribution in [2.24, 2.45) is 0 Å². The number of thiophene rings is 1.